The molecule has 2 N–H and O–H groups in total. The second kappa shape index (κ2) is 13.8. The first-order chi connectivity index (χ1) is 20.1. The first-order valence-corrected chi connectivity index (χ1v) is 15.6. The van der Waals surface area contributed by atoms with E-state index in [1.807, 2.05) is 60.9 Å². The largest absolute Gasteiger partial charge is 0.497 e. The fraction of sp³-hybridized carbons (Fsp3) is 0.323. The fourth-order valence-electron chi connectivity index (χ4n) is 5.08. The van der Waals surface area contributed by atoms with Crippen LogP contribution in [-0.2, 0) is 0 Å². The number of hydrogen-bond donors (Lipinski definition) is 2. The van der Waals surface area contributed by atoms with E-state index in [2.05, 4.69) is 21.3 Å². The molecule has 1 aliphatic heterocycles. The number of thiophene rings is 1. The van der Waals surface area contributed by atoms with Gasteiger partial charge in [-0.2, -0.15) is 5.26 Å². The normalized spacial score (nSPS) is 15.0. The Labute approximate surface area is 249 Å². The van der Waals surface area contributed by atoms with Gasteiger partial charge in [0, 0.05) is 36.1 Å². The standard InChI is InChI=1S/C31H33N5O3S2/c1-38-24-10-3-7-21(17-24)28-26(19-32)30(40-2)41-29(28)27-12-13-33-31(35-27)34-22-8-4-11-25(18-22)39-16-6-15-36-14-5-9-23(36)20-37/h3-4,7-8,10-13,17-18,23,37H,5-6,9,14-16,20H2,1-2H3,(H,33,34,35). The molecule has 2 aromatic heterocycles. The van der Waals surface area contributed by atoms with Crippen molar-refractivity contribution in [3.63, 3.8) is 0 Å². The van der Waals surface area contributed by atoms with Crippen molar-refractivity contribution in [2.45, 2.75) is 29.5 Å². The van der Waals surface area contributed by atoms with Crippen LogP contribution in [-0.4, -0.2) is 65.7 Å². The minimum absolute atomic E-state index is 0.227. The van der Waals surface area contributed by atoms with Gasteiger partial charge in [-0.05, 0) is 68.0 Å². The molecule has 3 heterocycles. The number of thioether (sulfide) groups is 1. The summed E-state index contributed by atoms with van der Waals surface area (Å²) in [6.45, 7) is 2.81. The summed E-state index contributed by atoms with van der Waals surface area (Å²) in [6.07, 6.45) is 6.82. The lowest BCUT2D eigenvalue weighted by molar-refractivity contribution is 0.150. The van der Waals surface area contributed by atoms with Gasteiger partial charge in [0.1, 0.15) is 17.6 Å². The summed E-state index contributed by atoms with van der Waals surface area (Å²) < 4.78 is 12.4. The van der Waals surface area contributed by atoms with Gasteiger partial charge >= 0.3 is 0 Å². The molecule has 1 saturated heterocycles. The predicted octanol–water partition coefficient (Wildman–Crippen LogP) is 6.44. The van der Waals surface area contributed by atoms with E-state index < -0.39 is 0 Å². The Balaban J connectivity index is 1.32. The molecule has 5 rings (SSSR count). The first kappa shape index (κ1) is 28.9. The number of nitriles is 1. The quantitative estimate of drug-likeness (QED) is 0.143. The lowest BCUT2D eigenvalue weighted by Crippen LogP contribution is -2.33. The smallest absolute Gasteiger partial charge is 0.227 e. The van der Waals surface area contributed by atoms with E-state index in [1.165, 1.54) is 0 Å². The maximum Gasteiger partial charge on any atom is 0.227 e. The lowest BCUT2D eigenvalue weighted by Gasteiger charge is -2.22. The van der Waals surface area contributed by atoms with E-state index >= 15 is 0 Å². The Morgan fingerprint density at radius 1 is 1.20 bits per heavy atom. The Morgan fingerprint density at radius 2 is 2.05 bits per heavy atom. The van der Waals surface area contributed by atoms with Crippen LogP contribution in [0.15, 0.2) is 65.0 Å². The number of ether oxygens (including phenoxy) is 2. The Bertz CT molecular complexity index is 1520. The molecule has 212 valence electrons. The zero-order valence-electron chi connectivity index (χ0n) is 23.2. The number of benzene rings is 2. The van der Waals surface area contributed by atoms with Gasteiger partial charge in [0.25, 0.3) is 0 Å². The average Bonchev–Trinajstić information content (AvgIpc) is 3.63. The monoisotopic (exact) mass is 587 g/mol. The van der Waals surface area contributed by atoms with Gasteiger partial charge in [0.2, 0.25) is 5.95 Å². The highest BCUT2D eigenvalue weighted by Gasteiger charge is 2.23. The molecule has 1 fully saturated rings. The van der Waals surface area contributed by atoms with Gasteiger partial charge in [0.05, 0.1) is 40.7 Å². The topological polar surface area (TPSA) is 104 Å². The summed E-state index contributed by atoms with van der Waals surface area (Å²) in [5.41, 5.74) is 3.95. The number of aliphatic hydroxyl groups is 1. The minimum atomic E-state index is 0.227. The second-order valence-electron chi connectivity index (χ2n) is 9.65. The van der Waals surface area contributed by atoms with E-state index in [1.54, 1.807) is 36.4 Å². The van der Waals surface area contributed by atoms with Crippen LogP contribution in [0.2, 0.25) is 0 Å². The zero-order valence-corrected chi connectivity index (χ0v) is 24.8. The number of anilines is 2. The average molecular weight is 588 g/mol. The highest BCUT2D eigenvalue weighted by molar-refractivity contribution is 8.00. The predicted molar refractivity (Wildman–Crippen MR) is 165 cm³/mol. The molecule has 0 aliphatic carbocycles. The van der Waals surface area contributed by atoms with Crippen LogP contribution in [0.5, 0.6) is 11.5 Å². The summed E-state index contributed by atoms with van der Waals surface area (Å²) >= 11 is 3.11. The summed E-state index contributed by atoms with van der Waals surface area (Å²) in [6, 6.07) is 20.1. The Kier molecular flexibility index (Phi) is 9.75. The van der Waals surface area contributed by atoms with Crippen LogP contribution in [0, 0.1) is 11.3 Å². The van der Waals surface area contributed by atoms with Gasteiger partial charge < -0.3 is 19.9 Å². The molecule has 1 aliphatic rings. The van der Waals surface area contributed by atoms with Gasteiger partial charge in [-0.15, -0.1) is 23.1 Å². The van der Waals surface area contributed by atoms with Crippen molar-refractivity contribution in [1.29, 1.82) is 5.26 Å². The molecule has 0 radical (unpaired) electrons. The van der Waals surface area contributed by atoms with E-state index in [9.17, 15) is 10.4 Å². The third-order valence-corrected chi connectivity index (χ3v) is 9.41. The van der Waals surface area contributed by atoms with Crippen molar-refractivity contribution >= 4 is 34.7 Å². The van der Waals surface area contributed by atoms with Crippen molar-refractivity contribution in [3.8, 4) is 39.3 Å². The van der Waals surface area contributed by atoms with Gasteiger partial charge in [-0.25, -0.2) is 9.97 Å². The van der Waals surface area contributed by atoms with Crippen LogP contribution >= 0.6 is 23.1 Å². The molecule has 2 aromatic carbocycles. The Hall–Kier alpha value is -3.62. The number of nitrogens with zero attached hydrogens (tertiary/aromatic N) is 4. The molecule has 0 spiro atoms. The zero-order chi connectivity index (χ0) is 28.6. The molecule has 0 saturated carbocycles. The van der Waals surface area contributed by atoms with E-state index in [4.69, 9.17) is 14.5 Å². The third-order valence-electron chi connectivity index (χ3n) is 7.08. The molecule has 10 heteroatoms. The number of aromatic nitrogens is 2. The molecule has 1 unspecified atom stereocenters. The van der Waals surface area contributed by atoms with Crippen LogP contribution in [0.25, 0.3) is 21.7 Å². The van der Waals surface area contributed by atoms with E-state index in [-0.39, 0.29) is 12.6 Å². The number of hydrogen-bond acceptors (Lipinski definition) is 10. The summed E-state index contributed by atoms with van der Waals surface area (Å²) in [4.78, 5) is 12.5. The van der Waals surface area contributed by atoms with E-state index in [0.29, 0.717) is 18.1 Å². The summed E-state index contributed by atoms with van der Waals surface area (Å²) in [5.74, 6) is 1.96. The molecular formula is C31H33N5O3S2. The highest BCUT2D eigenvalue weighted by Crippen LogP contribution is 2.46. The third kappa shape index (κ3) is 6.82. The number of likely N-dealkylation sites (tertiary alicyclic amines) is 1. The molecular weight excluding hydrogens is 555 g/mol. The number of aliphatic hydroxyl groups excluding tert-OH is 1. The van der Waals surface area contributed by atoms with Gasteiger partial charge in [-0.1, -0.05) is 18.2 Å². The van der Waals surface area contributed by atoms with Gasteiger partial charge in [0.15, 0.2) is 0 Å². The van der Waals surface area contributed by atoms with Crippen molar-refractivity contribution in [2.24, 2.45) is 0 Å². The lowest BCUT2D eigenvalue weighted by atomic mass is 10.0. The molecule has 1 atom stereocenters. The summed E-state index contributed by atoms with van der Waals surface area (Å²) in [5, 5.41) is 22.9. The van der Waals surface area contributed by atoms with Crippen LogP contribution in [0.3, 0.4) is 0 Å². The SMILES string of the molecule is COc1cccc(-c2c(-c3ccnc(Nc4cccc(OCCCN5CCCC5CO)c4)n3)sc(SC)c2C#N)c1. The van der Waals surface area contributed by atoms with E-state index in [0.717, 1.165) is 75.4 Å². The molecule has 0 amide bonds. The second-order valence-corrected chi connectivity index (χ2v) is 11.7. The maximum atomic E-state index is 10.1. The first-order valence-electron chi connectivity index (χ1n) is 13.6. The number of rotatable bonds is 12. The van der Waals surface area contributed by atoms with Crippen LogP contribution in [0.4, 0.5) is 11.6 Å². The minimum Gasteiger partial charge on any atom is -0.497 e. The molecule has 4 aromatic rings. The highest BCUT2D eigenvalue weighted by atomic mass is 32.2. The van der Waals surface area contributed by atoms with Gasteiger partial charge in [-0.3, -0.25) is 4.90 Å². The fourth-order valence-corrected chi connectivity index (χ4v) is 6.99. The number of nitrogens with one attached hydrogen (secondary N) is 1. The van der Waals surface area contributed by atoms with Crippen molar-refractivity contribution in [3.05, 3.63) is 66.4 Å². The molecule has 41 heavy (non-hydrogen) atoms. The summed E-state index contributed by atoms with van der Waals surface area (Å²) in [7, 11) is 1.64. The molecule has 8 nitrogen and oxygen atoms in total. The van der Waals surface area contributed by atoms with Crippen LogP contribution in [0.1, 0.15) is 24.8 Å². The Morgan fingerprint density at radius 3 is 2.85 bits per heavy atom. The van der Waals surface area contributed by atoms with Crippen molar-refractivity contribution in [2.75, 3.05) is 45.0 Å². The maximum absolute atomic E-state index is 10.1. The number of methoxy groups -OCH3 is 1. The van der Waals surface area contributed by atoms with Crippen LogP contribution < -0.4 is 14.8 Å². The molecule has 0 bridgehead atoms. The van der Waals surface area contributed by atoms with Crippen molar-refractivity contribution < 1.29 is 14.6 Å². The van der Waals surface area contributed by atoms with Crippen molar-refractivity contribution in [1.82, 2.24) is 14.9 Å².